The quantitative estimate of drug-likeness (QED) is 0.772. The number of imidazole rings is 1. The first-order valence-corrected chi connectivity index (χ1v) is 5.73. The molecule has 0 spiro atoms. The molecule has 1 N–H and O–H groups in total. The van der Waals surface area contributed by atoms with Gasteiger partial charge in [0.2, 0.25) is 0 Å². The topological polar surface area (TPSA) is 78.2 Å². The zero-order valence-corrected chi connectivity index (χ0v) is 9.88. The number of nitriles is 1. The Morgan fingerprint density at radius 1 is 1.39 bits per heavy atom. The fourth-order valence-electron chi connectivity index (χ4n) is 1.92. The van der Waals surface area contributed by atoms with Crippen LogP contribution in [0.2, 0.25) is 0 Å². The van der Waals surface area contributed by atoms with E-state index < -0.39 is 0 Å². The lowest BCUT2D eigenvalue weighted by atomic mass is 10.0. The van der Waals surface area contributed by atoms with Gasteiger partial charge in [-0.05, 0) is 19.4 Å². The van der Waals surface area contributed by atoms with Crippen molar-refractivity contribution in [3.63, 3.8) is 0 Å². The number of aryl methyl sites for hydroxylation is 1. The van der Waals surface area contributed by atoms with E-state index in [1.54, 1.807) is 12.4 Å². The summed E-state index contributed by atoms with van der Waals surface area (Å²) in [5.74, 6) is 0.619. The first kappa shape index (κ1) is 10.7. The molecule has 0 amide bonds. The summed E-state index contributed by atoms with van der Waals surface area (Å²) >= 11 is 0. The molecule has 0 aliphatic heterocycles. The fourth-order valence-corrected chi connectivity index (χ4v) is 1.92. The Balaban J connectivity index is 2.10. The van der Waals surface area contributed by atoms with E-state index in [4.69, 9.17) is 5.26 Å². The van der Waals surface area contributed by atoms with Crippen molar-refractivity contribution in [1.29, 1.82) is 5.26 Å². The van der Waals surface area contributed by atoms with Gasteiger partial charge in [-0.2, -0.15) is 5.26 Å². The summed E-state index contributed by atoms with van der Waals surface area (Å²) < 4.78 is 0. The number of fused-ring (bicyclic) bond motifs is 1. The van der Waals surface area contributed by atoms with Crippen LogP contribution in [0.5, 0.6) is 0 Å². The average molecular weight is 237 g/mol. The maximum atomic E-state index is 8.91. The smallest absolute Gasteiger partial charge is 0.158 e. The second-order valence-corrected chi connectivity index (χ2v) is 4.27. The van der Waals surface area contributed by atoms with Crippen LogP contribution >= 0.6 is 0 Å². The number of H-pyrrole nitrogens is 1. The molecule has 0 saturated carbocycles. The second-order valence-electron chi connectivity index (χ2n) is 4.27. The highest BCUT2D eigenvalue weighted by molar-refractivity contribution is 5.50. The Morgan fingerprint density at radius 2 is 2.28 bits per heavy atom. The van der Waals surface area contributed by atoms with Gasteiger partial charge in [0.15, 0.2) is 5.82 Å². The lowest BCUT2D eigenvalue weighted by molar-refractivity contribution is 0.900. The van der Waals surface area contributed by atoms with Crippen LogP contribution in [0.4, 0.5) is 0 Å². The number of hydrogen-bond acceptors (Lipinski definition) is 4. The maximum absolute atomic E-state index is 8.91. The minimum Gasteiger partial charge on any atom is -0.337 e. The molecule has 88 valence electrons. The molecule has 2 aromatic rings. The molecule has 5 heteroatoms. The molecular formula is C13H11N5. The third-order valence-corrected chi connectivity index (χ3v) is 2.88. The van der Waals surface area contributed by atoms with Crippen molar-refractivity contribution in [1.82, 2.24) is 19.9 Å². The van der Waals surface area contributed by atoms with Crippen molar-refractivity contribution < 1.29 is 0 Å². The Hall–Kier alpha value is -2.48. The highest BCUT2D eigenvalue weighted by Crippen LogP contribution is 2.09. The Kier molecular flexibility index (Phi) is 2.41. The molecule has 3 rings (SSSR count). The van der Waals surface area contributed by atoms with Crippen molar-refractivity contribution in [3.05, 3.63) is 28.8 Å². The predicted octanol–water partition coefficient (Wildman–Crippen LogP) is 0.280. The lowest BCUT2D eigenvalue weighted by Gasteiger charge is -1.99. The molecule has 1 atom stereocenters. The van der Waals surface area contributed by atoms with Crippen molar-refractivity contribution in [2.45, 2.75) is 13.3 Å². The summed E-state index contributed by atoms with van der Waals surface area (Å²) in [4.78, 5) is 16.1. The van der Waals surface area contributed by atoms with E-state index in [1.807, 2.05) is 19.1 Å². The van der Waals surface area contributed by atoms with Crippen LogP contribution in [-0.2, 0) is 0 Å². The molecule has 1 aliphatic rings. The second kappa shape index (κ2) is 4.08. The maximum Gasteiger partial charge on any atom is 0.158 e. The third-order valence-electron chi connectivity index (χ3n) is 2.88. The molecule has 1 unspecified atom stereocenters. The van der Waals surface area contributed by atoms with Gasteiger partial charge in [-0.3, -0.25) is 4.98 Å². The summed E-state index contributed by atoms with van der Waals surface area (Å²) in [6.07, 6.45) is 8.01. The highest BCUT2D eigenvalue weighted by atomic mass is 15.0. The lowest BCUT2D eigenvalue weighted by Crippen LogP contribution is -2.28. The van der Waals surface area contributed by atoms with Gasteiger partial charge in [0, 0.05) is 6.20 Å². The normalized spacial score (nSPS) is 17.2. The van der Waals surface area contributed by atoms with Gasteiger partial charge in [0.1, 0.15) is 5.69 Å². The zero-order chi connectivity index (χ0) is 12.5. The average Bonchev–Trinajstić information content (AvgIpc) is 2.82. The molecule has 2 heterocycles. The van der Waals surface area contributed by atoms with E-state index in [0.29, 0.717) is 17.9 Å². The molecule has 2 aromatic heterocycles. The number of aromatic amines is 1. The van der Waals surface area contributed by atoms with E-state index in [0.717, 1.165) is 16.4 Å². The SMILES string of the molecule is Cc1cnc(-c2nc3c([nH]2)=CC(C#N)CC=3)cn1. The minimum absolute atomic E-state index is 0.0742. The largest absolute Gasteiger partial charge is 0.337 e. The number of rotatable bonds is 1. The van der Waals surface area contributed by atoms with Crippen LogP contribution in [-0.4, -0.2) is 19.9 Å². The van der Waals surface area contributed by atoms with E-state index in [2.05, 4.69) is 26.0 Å². The van der Waals surface area contributed by atoms with Gasteiger partial charge in [-0.15, -0.1) is 0 Å². The van der Waals surface area contributed by atoms with Gasteiger partial charge in [-0.25, -0.2) is 9.97 Å². The van der Waals surface area contributed by atoms with Crippen molar-refractivity contribution in [2.24, 2.45) is 5.92 Å². The molecule has 5 nitrogen and oxygen atoms in total. The predicted molar refractivity (Wildman–Crippen MR) is 66.3 cm³/mol. The van der Waals surface area contributed by atoms with Crippen LogP contribution in [0.25, 0.3) is 23.7 Å². The van der Waals surface area contributed by atoms with E-state index >= 15 is 0 Å². The van der Waals surface area contributed by atoms with Gasteiger partial charge in [0.25, 0.3) is 0 Å². The van der Waals surface area contributed by atoms with E-state index in [-0.39, 0.29) is 5.92 Å². The number of nitrogens with zero attached hydrogens (tertiary/aromatic N) is 4. The highest BCUT2D eigenvalue weighted by Gasteiger charge is 2.10. The fraction of sp³-hybridized carbons (Fsp3) is 0.231. The Labute approximate surface area is 104 Å². The summed E-state index contributed by atoms with van der Waals surface area (Å²) in [6.45, 7) is 1.89. The molecular weight excluding hydrogens is 226 g/mol. The Bertz CT molecular complexity index is 733. The van der Waals surface area contributed by atoms with Gasteiger partial charge in [-0.1, -0.05) is 6.08 Å². The summed E-state index contributed by atoms with van der Waals surface area (Å²) in [5, 5.41) is 10.7. The van der Waals surface area contributed by atoms with E-state index in [1.165, 1.54) is 0 Å². The number of nitrogens with one attached hydrogen (secondary N) is 1. The zero-order valence-electron chi connectivity index (χ0n) is 9.88. The molecule has 0 bridgehead atoms. The van der Waals surface area contributed by atoms with Gasteiger partial charge in [0.05, 0.1) is 34.6 Å². The molecule has 18 heavy (non-hydrogen) atoms. The minimum atomic E-state index is -0.0742. The number of hydrogen-bond donors (Lipinski definition) is 1. The summed E-state index contributed by atoms with van der Waals surface area (Å²) in [7, 11) is 0. The van der Waals surface area contributed by atoms with Crippen LogP contribution in [0, 0.1) is 24.2 Å². The van der Waals surface area contributed by atoms with Crippen molar-refractivity contribution >= 4 is 12.2 Å². The standard InChI is InChI=1S/C13H11N5/c1-8-6-16-12(7-15-8)13-17-10-3-2-9(5-14)4-11(10)18-13/h3-4,6-7,9H,2H2,1H3,(H,17,18). The van der Waals surface area contributed by atoms with Crippen LogP contribution < -0.4 is 10.7 Å². The summed E-state index contributed by atoms with van der Waals surface area (Å²) in [5.41, 5.74) is 1.59. The molecule has 0 saturated heterocycles. The molecule has 0 aromatic carbocycles. The van der Waals surface area contributed by atoms with Crippen molar-refractivity contribution in [3.8, 4) is 17.6 Å². The van der Waals surface area contributed by atoms with Gasteiger partial charge < -0.3 is 4.98 Å². The van der Waals surface area contributed by atoms with Gasteiger partial charge >= 0.3 is 0 Å². The van der Waals surface area contributed by atoms with Crippen LogP contribution in [0.1, 0.15) is 12.1 Å². The molecule has 1 aliphatic carbocycles. The summed E-state index contributed by atoms with van der Waals surface area (Å²) in [6, 6.07) is 2.24. The molecule has 0 fully saturated rings. The third kappa shape index (κ3) is 1.78. The van der Waals surface area contributed by atoms with Crippen LogP contribution in [0.3, 0.4) is 0 Å². The Morgan fingerprint density at radius 3 is 3.00 bits per heavy atom. The molecule has 0 radical (unpaired) electrons. The first-order valence-electron chi connectivity index (χ1n) is 5.73. The first-order chi connectivity index (χ1) is 8.76. The monoisotopic (exact) mass is 237 g/mol. The van der Waals surface area contributed by atoms with E-state index in [9.17, 15) is 0 Å². The van der Waals surface area contributed by atoms with Crippen molar-refractivity contribution in [2.75, 3.05) is 0 Å². The number of aromatic nitrogens is 4. The van der Waals surface area contributed by atoms with Crippen LogP contribution in [0.15, 0.2) is 12.4 Å².